The maximum absolute atomic E-state index is 5.09. The predicted molar refractivity (Wildman–Crippen MR) is 86.1 cm³/mol. The second-order valence-electron chi connectivity index (χ2n) is 4.67. The molecule has 0 aliphatic heterocycles. The molecule has 1 unspecified atom stereocenters. The van der Waals surface area contributed by atoms with Crippen LogP contribution in [0.5, 0.6) is 0 Å². The van der Waals surface area contributed by atoms with Crippen molar-refractivity contribution in [3.05, 3.63) is 35.4 Å². The summed E-state index contributed by atoms with van der Waals surface area (Å²) in [5.41, 5.74) is 2.83. The zero-order valence-electron chi connectivity index (χ0n) is 12.4. The Bertz CT molecular complexity index is 326. The van der Waals surface area contributed by atoms with E-state index in [4.69, 9.17) is 4.74 Å². The van der Waals surface area contributed by atoms with Crippen molar-refractivity contribution in [2.24, 2.45) is 0 Å². The number of benzene rings is 1. The highest BCUT2D eigenvalue weighted by Gasteiger charge is 2.09. The summed E-state index contributed by atoms with van der Waals surface area (Å²) in [5.74, 6) is 2.16. The average molecular weight is 281 g/mol. The monoisotopic (exact) mass is 281 g/mol. The Labute approximate surface area is 122 Å². The van der Waals surface area contributed by atoms with Crippen molar-refractivity contribution in [2.45, 2.75) is 32.7 Å². The van der Waals surface area contributed by atoms with Gasteiger partial charge in [-0.1, -0.05) is 44.5 Å². The summed E-state index contributed by atoms with van der Waals surface area (Å²) in [7, 11) is 1.76. The third kappa shape index (κ3) is 6.46. The van der Waals surface area contributed by atoms with E-state index in [1.54, 1.807) is 7.11 Å². The second kappa shape index (κ2) is 10.3. The van der Waals surface area contributed by atoms with Gasteiger partial charge in [-0.25, -0.2) is 0 Å². The van der Waals surface area contributed by atoms with Gasteiger partial charge in [0.2, 0.25) is 0 Å². The Morgan fingerprint density at radius 1 is 1.21 bits per heavy atom. The quantitative estimate of drug-likeness (QED) is 0.661. The molecule has 0 heterocycles. The molecule has 0 radical (unpaired) electrons. The molecule has 2 nitrogen and oxygen atoms in total. The molecule has 0 aliphatic carbocycles. The van der Waals surface area contributed by atoms with Gasteiger partial charge in [-0.05, 0) is 24.1 Å². The summed E-state index contributed by atoms with van der Waals surface area (Å²) in [6.45, 7) is 6.23. The van der Waals surface area contributed by atoms with Crippen LogP contribution in [-0.2, 0) is 11.2 Å². The Kier molecular flexibility index (Phi) is 8.97. The van der Waals surface area contributed by atoms with Gasteiger partial charge in [0.05, 0.1) is 6.61 Å². The number of hydrogen-bond donors (Lipinski definition) is 1. The first-order valence-corrected chi connectivity index (χ1v) is 8.36. The number of methoxy groups -OCH3 is 1. The van der Waals surface area contributed by atoms with Crippen LogP contribution < -0.4 is 5.32 Å². The number of thioether (sulfide) groups is 1. The third-order valence-corrected chi connectivity index (χ3v) is 4.11. The first kappa shape index (κ1) is 16.5. The highest BCUT2D eigenvalue weighted by atomic mass is 32.2. The number of aryl methyl sites for hydroxylation is 1. The van der Waals surface area contributed by atoms with Gasteiger partial charge in [0, 0.05) is 24.7 Å². The SMILES string of the molecule is CCCc1ccc(C(CSCCOC)NCC)cc1. The van der Waals surface area contributed by atoms with Crippen molar-refractivity contribution in [3.63, 3.8) is 0 Å². The molecule has 1 aromatic rings. The maximum Gasteiger partial charge on any atom is 0.0552 e. The molecule has 1 atom stereocenters. The molecule has 0 fully saturated rings. The molecule has 19 heavy (non-hydrogen) atoms. The summed E-state index contributed by atoms with van der Waals surface area (Å²) in [4.78, 5) is 0. The second-order valence-corrected chi connectivity index (χ2v) is 5.82. The van der Waals surface area contributed by atoms with E-state index < -0.39 is 0 Å². The molecule has 3 heteroatoms. The Morgan fingerprint density at radius 2 is 1.95 bits per heavy atom. The average Bonchev–Trinajstić information content (AvgIpc) is 2.44. The largest absolute Gasteiger partial charge is 0.384 e. The molecule has 0 amide bonds. The number of ether oxygens (including phenoxy) is 1. The van der Waals surface area contributed by atoms with Crippen molar-refractivity contribution >= 4 is 11.8 Å². The number of rotatable bonds is 10. The minimum absolute atomic E-state index is 0.447. The topological polar surface area (TPSA) is 21.3 Å². The van der Waals surface area contributed by atoms with Gasteiger partial charge in [-0.2, -0.15) is 11.8 Å². The molecule has 1 N–H and O–H groups in total. The van der Waals surface area contributed by atoms with Crippen LogP contribution in [0.3, 0.4) is 0 Å². The molecular formula is C16H27NOS. The molecule has 1 aromatic carbocycles. The molecule has 0 saturated carbocycles. The highest BCUT2D eigenvalue weighted by Crippen LogP contribution is 2.19. The fraction of sp³-hybridized carbons (Fsp3) is 0.625. The number of nitrogens with one attached hydrogen (secondary N) is 1. The molecule has 0 aliphatic rings. The minimum atomic E-state index is 0.447. The summed E-state index contributed by atoms with van der Waals surface area (Å²) >= 11 is 1.95. The van der Waals surface area contributed by atoms with E-state index >= 15 is 0 Å². The van der Waals surface area contributed by atoms with E-state index in [2.05, 4.69) is 43.4 Å². The van der Waals surface area contributed by atoms with Gasteiger partial charge in [0.1, 0.15) is 0 Å². The van der Waals surface area contributed by atoms with Gasteiger partial charge < -0.3 is 10.1 Å². The Hall–Kier alpha value is -0.510. The van der Waals surface area contributed by atoms with Crippen molar-refractivity contribution in [1.82, 2.24) is 5.32 Å². The van der Waals surface area contributed by atoms with Crippen LogP contribution in [0.25, 0.3) is 0 Å². The first-order valence-electron chi connectivity index (χ1n) is 7.20. The van der Waals surface area contributed by atoms with Gasteiger partial charge in [0.25, 0.3) is 0 Å². The molecular weight excluding hydrogens is 254 g/mol. The van der Waals surface area contributed by atoms with Gasteiger partial charge in [-0.3, -0.25) is 0 Å². The van der Waals surface area contributed by atoms with Crippen LogP contribution in [0.1, 0.15) is 37.4 Å². The van der Waals surface area contributed by atoms with Gasteiger partial charge in [-0.15, -0.1) is 0 Å². The van der Waals surface area contributed by atoms with Crippen LogP contribution in [-0.4, -0.2) is 31.8 Å². The highest BCUT2D eigenvalue weighted by molar-refractivity contribution is 7.99. The Morgan fingerprint density at radius 3 is 2.53 bits per heavy atom. The lowest BCUT2D eigenvalue weighted by Gasteiger charge is -2.18. The van der Waals surface area contributed by atoms with Crippen LogP contribution >= 0.6 is 11.8 Å². The van der Waals surface area contributed by atoms with Crippen LogP contribution in [0.2, 0.25) is 0 Å². The fourth-order valence-corrected chi connectivity index (χ4v) is 3.07. The molecule has 1 rings (SSSR count). The lowest BCUT2D eigenvalue weighted by atomic mass is 10.0. The van der Waals surface area contributed by atoms with E-state index in [1.165, 1.54) is 24.0 Å². The minimum Gasteiger partial charge on any atom is -0.384 e. The fourth-order valence-electron chi connectivity index (χ4n) is 2.07. The van der Waals surface area contributed by atoms with E-state index in [0.29, 0.717) is 6.04 Å². The van der Waals surface area contributed by atoms with Gasteiger partial charge >= 0.3 is 0 Å². The van der Waals surface area contributed by atoms with Crippen molar-refractivity contribution in [1.29, 1.82) is 0 Å². The first-order chi connectivity index (χ1) is 9.31. The van der Waals surface area contributed by atoms with E-state index in [0.717, 1.165) is 24.7 Å². The molecule has 108 valence electrons. The predicted octanol–water partition coefficient (Wildman–Crippen LogP) is 3.67. The van der Waals surface area contributed by atoms with Crippen molar-refractivity contribution in [3.8, 4) is 0 Å². The summed E-state index contributed by atoms with van der Waals surface area (Å²) in [5, 5.41) is 3.57. The van der Waals surface area contributed by atoms with Gasteiger partial charge in [0.15, 0.2) is 0 Å². The van der Waals surface area contributed by atoms with Crippen LogP contribution in [0.4, 0.5) is 0 Å². The van der Waals surface area contributed by atoms with Crippen molar-refractivity contribution in [2.75, 3.05) is 31.8 Å². The summed E-state index contributed by atoms with van der Waals surface area (Å²) < 4.78 is 5.09. The lowest BCUT2D eigenvalue weighted by molar-refractivity contribution is 0.218. The molecule has 0 aromatic heterocycles. The van der Waals surface area contributed by atoms with Crippen LogP contribution in [0, 0.1) is 0 Å². The maximum atomic E-state index is 5.09. The Balaban J connectivity index is 2.53. The normalized spacial score (nSPS) is 12.6. The molecule has 0 saturated heterocycles. The molecule has 0 bridgehead atoms. The smallest absolute Gasteiger partial charge is 0.0552 e. The van der Waals surface area contributed by atoms with Crippen molar-refractivity contribution < 1.29 is 4.74 Å². The van der Waals surface area contributed by atoms with E-state index in [1.807, 2.05) is 11.8 Å². The van der Waals surface area contributed by atoms with E-state index in [9.17, 15) is 0 Å². The third-order valence-electron chi connectivity index (χ3n) is 3.09. The summed E-state index contributed by atoms with van der Waals surface area (Å²) in [6, 6.07) is 9.53. The van der Waals surface area contributed by atoms with E-state index in [-0.39, 0.29) is 0 Å². The summed E-state index contributed by atoms with van der Waals surface area (Å²) in [6.07, 6.45) is 2.39. The molecule has 0 spiro atoms. The lowest BCUT2D eigenvalue weighted by Crippen LogP contribution is -2.23. The zero-order chi connectivity index (χ0) is 13.9. The van der Waals surface area contributed by atoms with Crippen LogP contribution in [0.15, 0.2) is 24.3 Å². The number of hydrogen-bond acceptors (Lipinski definition) is 3. The zero-order valence-corrected chi connectivity index (χ0v) is 13.3. The standard InChI is InChI=1S/C16H27NOS/c1-4-6-14-7-9-15(10-8-14)16(17-5-2)13-19-12-11-18-3/h7-10,16-17H,4-6,11-13H2,1-3H3.